The minimum Gasteiger partial charge on any atom is -0.382 e. The molecule has 6 rings (SSSR count). The number of nitrogens with two attached hydrogens (primary N) is 1. The second-order valence-corrected chi connectivity index (χ2v) is 10.4. The number of aromatic nitrogens is 4. The van der Waals surface area contributed by atoms with Crippen molar-refractivity contribution in [3.05, 3.63) is 71.9 Å². The number of piperidine rings is 2. The summed E-state index contributed by atoms with van der Waals surface area (Å²) in [5.41, 5.74) is 6.94. The number of imidazole rings is 1. The van der Waals surface area contributed by atoms with Gasteiger partial charge in [-0.2, -0.15) is 13.2 Å². The summed E-state index contributed by atoms with van der Waals surface area (Å²) in [6.45, 7) is 0.0998. The van der Waals surface area contributed by atoms with Crippen LogP contribution in [0.1, 0.15) is 53.3 Å². The first-order valence-electron chi connectivity index (χ1n) is 13.2. The highest BCUT2D eigenvalue weighted by atomic mass is 19.4. The van der Waals surface area contributed by atoms with E-state index in [4.69, 9.17) is 10.7 Å². The normalized spacial score (nSPS) is 20.4. The summed E-state index contributed by atoms with van der Waals surface area (Å²) in [4.78, 5) is 39.3. The molecule has 9 nitrogen and oxygen atoms in total. The van der Waals surface area contributed by atoms with Crippen LogP contribution >= 0.6 is 0 Å². The topological polar surface area (TPSA) is 119 Å². The fourth-order valence-electron chi connectivity index (χ4n) is 5.70. The van der Waals surface area contributed by atoms with Gasteiger partial charge in [-0.05, 0) is 37.1 Å². The molecule has 2 fully saturated rings. The summed E-state index contributed by atoms with van der Waals surface area (Å²) in [7, 11) is 0. The number of halogens is 5. The van der Waals surface area contributed by atoms with Crippen molar-refractivity contribution in [2.45, 2.75) is 49.7 Å². The number of nitrogens with one attached hydrogen (secondary N) is 1. The maximum Gasteiger partial charge on any atom is 0.416 e. The highest BCUT2D eigenvalue weighted by Gasteiger charge is 2.51. The SMILES string of the molecule is Nc1nccn2c([C@@H]3CC[C@H]4N(C3)C(=O)CCC4(F)F)nc(-c3ccc(C(=O)Nc4cc(C(F)(F)F)ccn4)cc3)c12. The molecule has 218 valence electrons. The number of rotatable bonds is 4. The zero-order valence-electron chi connectivity index (χ0n) is 21.9. The molecule has 2 saturated heterocycles. The number of amides is 2. The predicted molar refractivity (Wildman–Crippen MR) is 142 cm³/mol. The summed E-state index contributed by atoms with van der Waals surface area (Å²) >= 11 is 0. The highest BCUT2D eigenvalue weighted by Crippen LogP contribution is 2.43. The molecule has 0 saturated carbocycles. The Kier molecular flexibility index (Phi) is 6.58. The van der Waals surface area contributed by atoms with Gasteiger partial charge in [0, 0.05) is 55.0 Å². The van der Waals surface area contributed by atoms with Gasteiger partial charge in [0.2, 0.25) is 5.91 Å². The lowest BCUT2D eigenvalue weighted by Crippen LogP contribution is -2.58. The lowest BCUT2D eigenvalue weighted by atomic mass is 9.84. The molecule has 2 amide bonds. The van der Waals surface area contributed by atoms with Gasteiger partial charge in [-0.25, -0.2) is 23.7 Å². The van der Waals surface area contributed by atoms with Gasteiger partial charge in [0.25, 0.3) is 11.8 Å². The molecule has 0 unspecified atom stereocenters. The number of hydrogen-bond acceptors (Lipinski definition) is 6. The molecule has 14 heteroatoms. The Balaban J connectivity index is 1.28. The van der Waals surface area contributed by atoms with Gasteiger partial charge in [0.15, 0.2) is 0 Å². The molecule has 0 aliphatic carbocycles. The van der Waals surface area contributed by atoms with Crippen molar-refractivity contribution in [3.63, 3.8) is 0 Å². The molecule has 4 aromatic rings. The molecule has 2 aliphatic rings. The van der Waals surface area contributed by atoms with E-state index in [1.54, 1.807) is 22.7 Å². The lowest BCUT2D eigenvalue weighted by Gasteiger charge is -2.45. The van der Waals surface area contributed by atoms with Gasteiger partial charge in [0.1, 0.15) is 28.7 Å². The van der Waals surface area contributed by atoms with Gasteiger partial charge in [0.05, 0.1) is 11.6 Å². The van der Waals surface area contributed by atoms with Gasteiger partial charge >= 0.3 is 6.18 Å². The summed E-state index contributed by atoms with van der Waals surface area (Å²) in [5.74, 6) is -3.74. The molecule has 0 spiro atoms. The van der Waals surface area contributed by atoms with Crippen LogP contribution in [-0.4, -0.2) is 54.6 Å². The number of fused-ring (bicyclic) bond motifs is 2. The minimum absolute atomic E-state index is 0.0998. The summed E-state index contributed by atoms with van der Waals surface area (Å²) in [5, 5.41) is 2.36. The number of alkyl halides is 5. The van der Waals surface area contributed by atoms with Crippen LogP contribution in [0, 0.1) is 0 Å². The van der Waals surface area contributed by atoms with Gasteiger partial charge in [-0.1, -0.05) is 12.1 Å². The first kappa shape index (κ1) is 27.5. The Morgan fingerprint density at radius 2 is 1.83 bits per heavy atom. The Labute approximate surface area is 235 Å². The molecule has 2 atom stereocenters. The fraction of sp³-hybridized carbons (Fsp3) is 0.321. The minimum atomic E-state index is -4.58. The van der Waals surface area contributed by atoms with Crippen molar-refractivity contribution in [1.29, 1.82) is 0 Å². The van der Waals surface area contributed by atoms with Crippen LogP contribution in [0.25, 0.3) is 16.8 Å². The van der Waals surface area contributed by atoms with Crippen LogP contribution in [0.5, 0.6) is 0 Å². The number of pyridine rings is 1. The van der Waals surface area contributed by atoms with E-state index < -0.39 is 36.0 Å². The number of anilines is 2. The Morgan fingerprint density at radius 3 is 2.57 bits per heavy atom. The second kappa shape index (κ2) is 10.0. The van der Waals surface area contributed by atoms with Crippen molar-refractivity contribution < 1.29 is 31.5 Å². The largest absolute Gasteiger partial charge is 0.416 e. The maximum absolute atomic E-state index is 14.5. The predicted octanol–water partition coefficient (Wildman–Crippen LogP) is 5.15. The number of carbonyl (C=O) groups excluding carboxylic acids is 2. The molecule has 0 radical (unpaired) electrons. The van der Waals surface area contributed by atoms with E-state index in [2.05, 4.69) is 15.3 Å². The lowest BCUT2D eigenvalue weighted by molar-refractivity contribution is -0.166. The first-order valence-corrected chi connectivity index (χ1v) is 13.2. The highest BCUT2D eigenvalue weighted by molar-refractivity contribution is 6.04. The fourth-order valence-corrected chi connectivity index (χ4v) is 5.70. The third-order valence-electron chi connectivity index (χ3n) is 7.79. The monoisotopic (exact) mass is 585 g/mol. The van der Waals surface area contributed by atoms with Crippen LogP contribution in [0.4, 0.5) is 33.6 Å². The van der Waals surface area contributed by atoms with Gasteiger partial charge in [-0.3, -0.25) is 14.0 Å². The van der Waals surface area contributed by atoms with Crippen LogP contribution in [0.15, 0.2) is 55.0 Å². The second-order valence-electron chi connectivity index (χ2n) is 10.4. The number of nitrogens with zero attached hydrogens (tertiary/aromatic N) is 5. The van der Waals surface area contributed by atoms with Crippen LogP contribution in [0.2, 0.25) is 0 Å². The van der Waals surface area contributed by atoms with Crippen LogP contribution in [-0.2, 0) is 11.0 Å². The van der Waals surface area contributed by atoms with Crippen molar-refractivity contribution in [1.82, 2.24) is 24.3 Å². The van der Waals surface area contributed by atoms with Crippen molar-refractivity contribution in [2.75, 3.05) is 17.6 Å². The molecule has 3 N–H and O–H groups in total. The molecule has 3 aromatic heterocycles. The molecular weight excluding hydrogens is 561 g/mol. The number of carbonyl (C=O) groups is 2. The van der Waals surface area contributed by atoms with Crippen molar-refractivity contribution >= 4 is 29.0 Å². The third kappa shape index (κ3) is 4.90. The van der Waals surface area contributed by atoms with Crippen LogP contribution < -0.4 is 11.1 Å². The van der Waals surface area contributed by atoms with E-state index in [1.165, 1.54) is 23.2 Å². The summed E-state index contributed by atoms with van der Waals surface area (Å²) in [6, 6.07) is 6.60. The third-order valence-corrected chi connectivity index (χ3v) is 7.79. The summed E-state index contributed by atoms with van der Waals surface area (Å²) in [6.07, 6.45) is -0.572. The molecule has 2 aliphatic heterocycles. The van der Waals surface area contributed by atoms with E-state index in [0.29, 0.717) is 29.0 Å². The number of nitrogen functional groups attached to an aromatic ring is 1. The molecule has 5 heterocycles. The average Bonchev–Trinajstić information content (AvgIpc) is 3.36. The van der Waals surface area contributed by atoms with E-state index in [0.717, 1.165) is 18.3 Å². The first-order chi connectivity index (χ1) is 19.9. The maximum atomic E-state index is 14.5. The molecule has 0 bridgehead atoms. The molecule has 1 aromatic carbocycles. The van der Waals surface area contributed by atoms with Crippen LogP contribution in [0.3, 0.4) is 0 Å². The summed E-state index contributed by atoms with van der Waals surface area (Å²) < 4.78 is 69.8. The zero-order chi connectivity index (χ0) is 29.8. The van der Waals surface area contributed by atoms with Gasteiger partial charge < -0.3 is 16.0 Å². The number of hydrogen-bond donors (Lipinski definition) is 2. The van der Waals surface area contributed by atoms with Crippen molar-refractivity contribution in [3.8, 4) is 11.3 Å². The van der Waals surface area contributed by atoms with Gasteiger partial charge in [-0.15, -0.1) is 0 Å². The van der Waals surface area contributed by atoms with E-state index >= 15 is 0 Å². The zero-order valence-corrected chi connectivity index (χ0v) is 21.9. The van der Waals surface area contributed by atoms with Crippen molar-refractivity contribution in [2.24, 2.45) is 0 Å². The Morgan fingerprint density at radius 1 is 1.07 bits per heavy atom. The molecular formula is C28H24F5N7O2. The smallest absolute Gasteiger partial charge is 0.382 e. The molecule has 42 heavy (non-hydrogen) atoms. The van der Waals surface area contributed by atoms with E-state index in [-0.39, 0.29) is 48.4 Å². The quantitative estimate of drug-likeness (QED) is 0.320. The van der Waals surface area contributed by atoms with E-state index in [9.17, 15) is 31.5 Å². The Hall–Kier alpha value is -4.62. The number of benzene rings is 1. The Bertz CT molecular complexity index is 1690. The average molecular weight is 586 g/mol. The van der Waals surface area contributed by atoms with E-state index in [1.807, 2.05) is 0 Å². The standard InChI is InChI=1S/C28H24F5N7O2/c29-27(30)9-7-21(41)40-14-17(5-6-19(27)40)25-38-22(23-24(34)36-11-12-39(23)25)15-1-3-16(4-2-15)26(42)37-20-13-18(8-10-35-20)28(31,32)33/h1-4,8,10-13,17,19H,5-7,9,14H2,(H2,34,36)(H,35,37,42)/t17-,19-/m1/s1.